The third kappa shape index (κ3) is 8.49. The van der Waals surface area contributed by atoms with Gasteiger partial charge in [0.25, 0.3) is 0 Å². The summed E-state index contributed by atoms with van der Waals surface area (Å²) in [5.41, 5.74) is 8.92. The summed E-state index contributed by atoms with van der Waals surface area (Å²) < 4.78 is 17.6. The molecular weight excluding hydrogens is 300 g/mol. The predicted octanol–water partition coefficient (Wildman–Crippen LogP) is 1.38. The largest absolute Gasteiger partial charge is 0.379 e. The molecule has 0 saturated heterocycles. The average molecular weight is 319 g/mol. The van der Waals surface area contributed by atoms with Crippen molar-refractivity contribution in [3.63, 3.8) is 0 Å². The van der Waals surface area contributed by atoms with E-state index in [-0.39, 0.29) is 0 Å². The van der Waals surface area contributed by atoms with Crippen molar-refractivity contribution in [2.24, 2.45) is 5.11 Å². The maximum Gasteiger partial charge on any atom is 0.0737 e. The molecule has 1 heterocycles. The van der Waals surface area contributed by atoms with Crippen LogP contribution in [0, 0.1) is 0 Å². The summed E-state index contributed by atoms with van der Waals surface area (Å²) >= 11 is 5.73. The highest BCUT2D eigenvalue weighted by Gasteiger charge is 2.01. The Bertz CT molecular complexity index is 424. The molecule has 21 heavy (non-hydrogen) atoms. The first kappa shape index (κ1) is 17.7. The highest BCUT2D eigenvalue weighted by Crippen LogP contribution is 2.00. The number of halogens is 1. The molecule has 0 fully saturated rings. The molecule has 0 aromatic carbocycles. The van der Waals surface area contributed by atoms with Gasteiger partial charge in [0.15, 0.2) is 0 Å². The molecule has 0 unspecified atom stereocenters. The molecule has 118 valence electrons. The standard InChI is InChI=1S/C11H19ClN6O3/c12-9-11-10-15-17-18(11)2-4-20-6-8-21-7-5-19-3-1-14-16-13/h10H,1-9H2. The summed E-state index contributed by atoms with van der Waals surface area (Å²) in [6.07, 6.45) is 1.64. The Morgan fingerprint density at radius 1 is 1.14 bits per heavy atom. The molecule has 9 nitrogen and oxygen atoms in total. The average Bonchev–Trinajstić information content (AvgIpc) is 2.96. The van der Waals surface area contributed by atoms with Gasteiger partial charge in [-0.15, -0.1) is 16.7 Å². The number of hydrogen-bond donors (Lipinski definition) is 0. The predicted molar refractivity (Wildman–Crippen MR) is 76.0 cm³/mol. The van der Waals surface area contributed by atoms with Crippen LogP contribution >= 0.6 is 11.6 Å². The van der Waals surface area contributed by atoms with Crippen molar-refractivity contribution in [1.29, 1.82) is 0 Å². The van der Waals surface area contributed by atoms with E-state index >= 15 is 0 Å². The highest BCUT2D eigenvalue weighted by atomic mass is 35.5. The van der Waals surface area contributed by atoms with Gasteiger partial charge in [0.2, 0.25) is 0 Å². The van der Waals surface area contributed by atoms with Gasteiger partial charge in [-0.1, -0.05) is 10.3 Å². The van der Waals surface area contributed by atoms with Crippen molar-refractivity contribution >= 4 is 11.6 Å². The Balaban J connectivity index is 1.85. The zero-order chi connectivity index (χ0) is 15.2. The van der Waals surface area contributed by atoms with Crippen LogP contribution in [0.25, 0.3) is 10.4 Å². The Kier molecular flexibility index (Phi) is 10.4. The second kappa shape index (κ2) is 12.4. The van der Waals surface area contributed by atoms with E-state index in [1.165, 1.54) is 0 Å². The lowest BCUT2D eigenvalue weighted by molar-refractivity contribution is 0.0140. The van der Waals surface area contributed by atoms with Gasteiger partial charge in [0.1, 0.15) is 0 Å². The van der Waals surface area contributed by atoms with Gasteiger partial charge in [-0.3, -0.25) is 0 Å². The van der Waals surface area contributed by atoms with Crippen LogP contribution in [0.15, 0.2) is 11.3 Å². The minimum Gasteiger partial charge on any atom is -0.379 e. The highest BCUT2D eigenvalue weighted by molar-refractivity contribution is 6.16. The monoisotopic (exact) mass is 318 g/mol. The first-order chi connectivity index (χ1) is 10.4. The third-order valence-corrected chi connectivity index (χ3v) is 2.70. The van der Waals surface area contributed by atoms with E-state index in [2.05, 4.69) is 20.3 Å². The van der Waals surface area contributed by atoms with Crippen molar-refractivity contribution in [3.05, 3.63) is 22.3 Å². The molecule has 1 rings (SSSR count). The topological polar surface area (TPSA) is 107 Å². The fourth-order valence-electron chi connectivity index (χ4n) is 1.41. The van der Waals surface area contributed by atoms with Gasteiger partial charge < -0.3 is 14.2 Å². The van der Waals surface area contributed by atoms with E-state index in [0.29, 0.717) is 58.6 Å². The minimum absolute atomic E-state index is 0.339. The molecule has 0 aliphatic carbocycles. The van der Waals surface area contributed by atoms with Crippen molar-refractivity contribution < 1.29 is 14.2 Å². The van der Waals surface area contributed by atoms with E-state index in [1.807, 2.05) is 0 Å². The van der Waals surface area contributed by atoms with E-state index in [4.69, 9.17) is 31.3 Å². The normalized spacial score (nSPS) is 10.5. The van der Waals surface area contributed by atoms with Crippen molar-refractivity contribution in [3.8, 4) is 0 Å². The SMILES string of the molecule is [N-]=[N+]=NCCOCCOCCOCCn1nncc1CCl. The summed E-state index contributed by atoms with van der Waals surface area (Å²) in [5, 5.41) is 11.0. The van der Waals surface area contributed by atoms with E-state index < -0.39 is 0 Å². The lowest BCUT2D eigenvalue weighted by Gasteiger charge is -2.07. The summed E-state index contributed by atoms with van der Waals surface area (Å²) in [6.45, 7) is 3.85. The molecule has 0 spiro atoms. The fraction of sp³-hybridized carbons (Fsp3) is 0.818. The van der Waals surface area contributed by atoms with Crippen LogP contribution in [0.2, 0.25) is 0 Å². The van der Waals surface area contributed by atoms with Crippen molar-refractivity contribution in [2.75, 3.05) is 46.2 Å². The maximum absolute atomic E-state index is 8.05. The van der Waals surface area contributed by atoms with E-state index in [0.717, 1.165) is 5.69 Å². The van der Waals surface area contributed by atoms with Gasteiger partial charge in [-0.05, 0) is 5.53 Å². The second-order valence-electron chi connectivity index (χ2n) is 3.87. The molecule has 0 bridgehead atoms. The Labute approximate surface area is 127 Å². The summed E-state index contributed by atoms with van der Waals surface area (Å²) in [5.74, 6) is 0.385. The first-order valence-electron chi connectivity index (χ1n) is 6.56. The number of azide groups is 1. The summed E-state index contributed by atoms with van der Waals surface area (Å²) in [6, 6.07) is 0. The first-order valence-corrected chi connectivity index (χ1v) is 7.09. The molecule has 0 saturated carbocycles. The van der Waals surface area contributed by atoms with Crippen LogP contribution in [0.5, 0.6) is 0 Å². The molecule has 0 atom stereocenters. The molecule has 0 aliphatic rings. The third-order valence-electron chi connectivity index (χ3n) is 2.43. The number of alkyl halides is 1. The molecule has 1 aromatic heterocycles. The number of aromatic nitrogens is 3. The lowest BCUT2D eigenvalue weighted by Crippen LogP contribution is -2.14. The number of ether oxygens (including phenoxy) is 3. The summed E-state index contributed by atoms with van der Waals surface area (Å²) in [4.78, 5) is 2.62. The Morgan fingerprint density at radius 2 is 1.81 bits per heavy atom. The van der Waals surface area contributed by atoms with Gasteiger partial charge in [0.05, 0.1) is 64.0 Å². The zero-order valence-corrected chi connectivity index (χ0v) is 12.5. The van der Waals surface area contributed by atoms with Gasteiger partial charge in [0, 0.05) is 11.5 Å². The van der Waals surface area contributed by atoms with Gasteiger partial charge in [-0.2, -0.15) is 0 Å². The number of hydrogen-bond acceptors (Lipinski definition) is 6. The van der Waals surface area contributed by atoms with Crippen LogP contribution in [-0.2, 0) is 26.6 Å². The van der Waals surface area contributed by atoms with Crippen LogP contribution in [0.4, 0.5) is 0 Å². The molecule has 0 aliphatic heterocycles. The second-order valence-corrected chi connectivity index (χ2v) is 4.14. The van der Waals surface area contributed by atoms with Crippen molar-refractivity contribution in [1.82, 2.24) is 15.0 Å². The van der Waals surface area contributed by atoms with Crippen LogP contribution in [0.1, 0.15) is 5.69 Å². The molecule has 0 radical (unpaired) electrons. The van der Waals surface area contributed by atoms with E-state index in [1.54, 1.807) is 10.9 Å². The van der Waals surface area contributed by atoms with Crippen LogP contribution in [0.3, 0.4) is 0 Å². The van der Waals surface area contributed by atoms with Crippen LogP contribution < -0.4 is 0 Å². The number of nitrogens with zero attached hydrogens (tertiary/aromatic N) is 6. The molecular formula is C11H19ClN6O3. The van der Waals surface area contributed by atoms with Gasteiger partial charge in [-0.25, -0.2) is 4.68 Å². The fourth-order valence-corrected chi connectivity index (χ4v) is 1.62. The van der Waals surface area contributed by atoms with E-state index in [9.17, 15) is 0 Å². The zero-order valence-electron chi connectivity index (χ0n) is 11.7. The lowest BCUT2D eigenvalue weighted by atomic mass is 10.5. The minimum atomic E-state index is 0.339. The maximum atomic E-state index is 8.05. The van der Waals surface area contributed by atoms with Crippen molar-refractivity contribution in [2.45, 2.75) is 12.4 Å². The molecule has 10 heteroatoms. The molecule has 0 amide bonds. The number of rotatable bonds is 13. The Morgan fingerprint density at radius 3 is 2.48 bits per heavy atom. The molecule has 0 N–H and O–H groups in total. The summed E-state index contributed by atoms with van der Waals surface area (Å²) in [7, 11) is 0. The quantitative estimate of drug-likeness (QED) is 0.179. The van der Waals surface area contributed by atoms with Gasteiger partial charge >= 0.3 is 0 Å². The smallest absolute Gasteiger partial charge is 0.0737 e. The molecule has 1 aromatic rings. The Hall–Kier alpha value is -1.38. The van der Waals surface area contributed by atoms with Crippen LogP contribution in [-0.4, -0.2) is 61.2 Å².